The Morgan fingerprint density at radius 3 is 2.22 bits per heavy atom. The third-order valence-corrected chi connectivity index (χ3v) is 6.11. The topological polar surface area (TPSA) is 246 Å². The smallest absolute Gasteiger partial charge is 0.269 e. The van der Waals surface area contributed by atoms with Crippen molar-refractivity contribution in [3.8, 4) is 0 Å². The van der Waals surface area contributed by atoms with Crippen LogP contribution in [0.3, 0.4) is 0 Å². The van der Waals surface area contributed by atoms with E-state index in [1.54, 1.807) is 0 Å². The van der Waals surface area contributed by atoms with Crippen LogP contribution in [0.1, 0.15) is 33.1 Å². The highest BCUT2D eigenvalue weighted by Gasteiger charge is 2.36. The molecule has 37 heavy (non-hydrogen) atoms. The summed E-state index contributed by atoms with van der Waals surface area (Å²) in [5.74, 6) is -2.67. The number of nitro benzene ring substituents is 1. The molecule has 0 saturated carbocycles. The summed E-state index contributed by atoms with van der Waals surface area (Å²) < 4.78 is 25.6. The van der Waals surface area contributed by atoms with Gasteiger partial charge in [0.15, 0.2) is 5.96 Å². The van der Waals surface area contributed by atoms with Crippen LogP contribution in [0.4, 0.5) is 11.4 Å². The first-order valence-corrected chi connectivity index (χ1v) is 13.1. The highest BCUT2D eigenvalue weighted by atomic mass is 32.2. The summed E-state index contributed by atoms with van der Waals surface area (Å²) >= 11 is 0. The van der Waals surface area contributed by atoms with Crippen LogP contribution in [-0.2, 0) is 24.4 Å². The number of aliphatic imine (C=N–C) groups is 1. The molecule has 0 saturated heterocycles. The van der Waals surface area contributed by atoms with Crippen molar-refractivity contribution in [2.24, 2.45) is 28.1 Å². The SMILES string of the molecule is CC(C)C[C@H](N)C(=O)NCC(=O)N([C@@H](CCCN=C(N)N)C(=O)Nc1ccc([N+](=O)[O-])cc1)S(C)(=O)=O. The van der Waals surface area contributed by atoms with Gasteiger partial charge in [-0.3, -0.25) is 29.5 Å². The number of benzene rings is 1. The average Bonchev–Trinajstić information content (AvgIpc) is 2.77. The maximum absolute atomic E-state index is 13.1. The molecule has 0 heterocycles. The molecule has 16 heteroatoms. The van der Waals surface area contributed by atoms with Gasteiger partial charge in [0, 0.05) is 24.4 Å². The number of anilines is 1. The monoisotopic (exact) mass is 542 g/mol. The van der Waals surface area contributed by atoms with Crippen molar-refractivity contribution in [2.45, 2.75) is 45.2 Å². The minimum Gasteiger partial charge on any atom is -0.370 e. The molecular formula is C21H34N8O7S. The van der Waals surface area contributed by atoms with E-state index in [0.717, 1.165) is 18.4 Å². The van der Waals surface area contributed by atoms with E-state index in [4.69, 9.17) is 17.2 Å². The molecule has 1 aromatic carbocycles. The van der Waals surface area contributed by atoms with E-state index in [2.05, 4.69) is 15.6 Å². The molecule has 3 amide bonds. The first kappa shape index (κ1) is 31.2. The molecule has 0 aliphatic carbocycles. The van der Waals surface area contributed by atoms with Crippen molar-refractivity contribution < 1.29 is 27.7 Å². The maximum atomic E-state index is 13.1. The normalized spacial score (nSPS) is 12.8. The lowest BCUT2D eigenvalue weighted by atomic mass is 10.0. The molecule has 1 aromatic rings. The van der Waals surface area contributed by atoms with E-state index in [1.165, 1.54) is 12.1 Å². The zero-order valence-corrected chi connectivity index (χ0v) is 21.7. The van der Waals surface area contributed by atoms with E-state index in [9.17, 15) is 32.9 Å². The number of hydrogen-bond acceptors (Lipinski definition) is 9. The van der Waals surface area contributed by atoms with Crippen molar-refractivity contribution in [3.63, 3.8) is 0 Å². The highest BCUT2D eigenvalue weighted by molar-refractivity contribution is 7.88. The molecule has 0 aromatic heterocycles. The lowest BCUT2D eigenvalue weighted by Crippen LogP contribution is -2.54. The molecule has 2 atom stereocenters. The first-order chi connectivity index (χ1) is 17.1. The van der Waals surface area contributed by atoms with Crippen molar-refractivity contribution >= 4 is 45.1 Å². The molecule has 0 unspecified atom stereocenters. The van der Waals surface area contributed by atoms with Gasteiger partial charge in [0.25, 0.3) is 11.6 Å². The zero-order valence-electron chi connectivity index (χ0n) is 20.9. The summed E-state index contributed by atoms with van der Waals surface area (Å²) in [4.78, 5) is 52.3. The average molecular weight is 543 g/mol. The van der Waals surface area contributed by atoms with Crippen molar-refractivity contribution in [3.05, 3.63) is 34.4 Å². The second-order valence-corrected chi connectivity index (χ2v) is 10.5. The molecule has 0 fully saturated rings. The molecular weight excluding hydrogens is 508 g/mol. The first-order valence-electron chi connectivity index (χ1n) is 11.3. The van der Waals surface area contributed by atoms with Gasteiger partial charge in [-0.1, -0.05) is 13.8 Å². The van der Waals surface area contributed by atoms with Crippen molar-refractivity contribution in [2.75, 3.05) is 24.7 Å². The lowest BCUT2D eigenvalue weighted by Gasteiger charge is -2.29. The summed E-state index contributed by atoms with van der Waals surface area (Å²) in [5, 5.41) is 15.6. The van der Waals surface area contributed by atoms with Gasteiger partial charge in [-0.05, 0) is 37.3 Å². The third kappa shape index (κ3) is 10.8. The largest absolute Gasteiger partial charge is 0.370 e. The van der Waals surface area contributed by atoms with Crippen LogP contribution < -0.4 is 27.8 Å². The minimum atomic E-state index is -4.29. The van der Waals surface area contributed by atoms with Crippen LogP contribution in [0.2, 0.25) is 0 Å². The molecule has 0 aliphatic heterocycles. The van der Waals surface area contributed by atoms with Crippen LogP contribution in [-0.4, -0.2) is 72.8 Å². The standard InChI is InChI=1S/C21H34N8O7S/c1-13(2)11-16(22)19(31)26-12-18(30)28(37(3,35)36)17(5-4-10-25-21(23)24)20(32)27-14-6-8-15(9-7-14)29(33)34/h6-9,13,16-17H,4-5,10-12,22H2,1-3H3,(H,26,31)(H,27,32)(H4,23,24,25)/t16-,17-/m0/s1. The number of rotatable bonds is 14. The summed E-state index contributed by atoms with van der Waals surface area (Å²) in [5.41, 5.74) is 16.3. The predicted molar refractivity (Wildman–Crippen MR) is 138 cm³/mol. The van der Waals surface area contributed by atoms with E-state index in [0.29, 0.717) is 10.7 Å². The Bertz CT molecular complexity index is 1100. The second kappa shape index (κ2) is 14.1. The van der Waals surface area contributed by atoms with Crippen molar-refractivity contribution in [1.82, 2.24) is 9.62 Å². The van der Waals surface area contributed by atoms with Crippen LogP contribution in [0.25, 0.3) is 0 Å². The number of carbonyl (C=O) groups is 3. The number of hydrogen-bond donors (Lipinski definition) is 5. The number of amides is 3. The number of carbonyl (C=O) groups excluding carboxylic acids is 3. The van der Waals surface area contributed by atoms with Crippen LogP contribution in [0.15, 0.2) is 29.3 Å². The van der Waals surface area contributed by atoms with Gasteiger partial charge in [0.2, 0.25) is 21.8 Å². The van der Waals surface area contributed by atoms with E-state index in [1.807, 2.05) is 13.8 Å². The number of sulfonamides is 1. The predicted octanol–water partition coefficient (Wildman–Crippen LogP) is -0.767. The number of nitrogens with two attached hydrogens (primary N) is 3. The molecule has 0 aliphatic rings. The van der Waals surface area contributed by atoms with Crippen LogP contribution >= 0.6 is 0 Å². The Hall–Kier alpha value is -3.79. The summed E-state index contributed by atoms with van der Waals surface area (Å²) in [6.45, 7) is 3.06. The Morgan fingerprint density at radius 2 is 1.73 bits per heavy atom. The van der Waals surface area contributed by atoms with Crippen molar-refractivity contribution in [1.29, 1.82) is 0 Å². The number of non-ortho nitro benzene ring substituents is 1. The number of nitrogens with zero attached hydrogens (tertiary/aromatic N) is 3. The summed E-state index contributed by atoms with van der Waals surface area (Å²) in [6.07, 6.45) is 1.07. The Labute approximate surface area is 215 Å². The maximum Gasteiger partial charge on any atom is 0.269 e. The Kier molecular flexibility index (Phi) is 11.9. The fraction of sp³-hybridized carbons (Fsp3) is 0.524. The molecule has 0 radical (unpaired) electrons. The molecule has 0 bridgehead atoms. The van der Waals surface area contributed by atoms with Gasteiger partial charge in [0.05, 0.1) is 23.8 Å². The molecule has 8 N–H and O–H groups in total. The fourth-order valence-electron chi connectivity index (χ4n) is 3.32. The Morgan fingerprint density at radius 1 is 1.14 bits per heavy atom. The van der Waals surface area contributed by atoms with E-state index < -0.39 is 51.3 Å². The summed E-state index contributed by atoms with van der Waals surface area (Å²) in [6, 6.07) is 2.39. The fourth-order valence-corrected chi connectivity index (χ4v) is 4.41. The molecule has 15 nitrogen and oxygen atoms in total. The summed E-state index contributed by atoms with van der Waals surface area (Å²) in [7, 11) is -4.29. The molecule has 1 rings (SSSR count). The number of guanidine groups is 1. The van der Waals surface area contributed by atoms with Gasteiger partial charge in [-0.15, -0.1) is 0 Å². The van der Waals surface area contributed by atoms with Crippen LogP contribution in [0.5, 0.6) is 0 Å². The van der Waals surface area contributed by atoms with Gasteiger partial charge >= 0.3 is 0 Å². The molecule has 206 valence electrons. The van der Waals surface area contributed by atoms with Gasteiger partial charge < -0.3 is 27.8 Å². The number of nitro groups is 1. The van der Waals surface area contributed by atoms with Gasteiger partial charge in [-0.25, -0.2) is 12.7 Å². The zero-order chi connectivity index (χ0) is 28.3. The quantitative estimate of drug-likeness (QED) is 0.0645. The van der Waals surface area contributed by atoms with Crippen LogP contribution in [0, 0.1) is 16.0 Å². The number of nitrogens with one attached hydrogen (secondary N) is 2. The third-order valence-electron chi connectivity index (χ3n) is 4.94. The minimum absolute atomic E-state index is 0.0518. The van der Waals surface area contributed by atoms with Gasteiger partial charge in [0.1, 0.15) is 6.04 Å². The molecule has 0 spiro atoms. The lowest BCUT2D eigenvalue weighted by molar-refractivity contribution is -0.384. The van der Waals surface area contributed by atoms with Gasteiger partial charge in [-0.2, -0.15) is 0 Å². The van der Waals surface area contributed by atoms with E-state index in [-0.39, 0.29) is 42.6 Å². The second-order valence-electron chi connectivity index (χ2n) is 8.66. The van der Waals surface area contributed by atoms with E-state index >= 15 is 0 Å². The highest BCUT2D eigenvalue weighted by Crippen LogP contribution is 2.19. The Balaban J connectivity index is 3.17.